The number of thioether (sulfide) groups is 1. The van der Waals surface area contributed by atoms with Gasteiger partial charge in [0.25, 0.3) is 5.24 Å². The summed E-state index contributed by atoms with van der Waals surface area (Å²) in [6.07, 6.45) is 0.754. The van der Waals surface area contributed by atoms with E-state index < -0.39 is 6.23 Å². The van der Waals surface area contributed by atoms with E-state index >= 15 is 0 Å². The van der Waals surface area contributed by atoms with E-state index in [0.29, 0.717) is 13.0 Å². The quantitative estimate of drug-likeness (QED) is 0.872. The number of carbonyl (C=O) groups excluding carboxylic acids is 1. The van der Waals surface area contributed by atoms with Crippen LogP contribution in [0.5, 0.6) is 5.75 Å². The standard InChI is InChI=1S/C12H12BrNO3S/c13-8-3-6-1-2-17-10(6)7(4-8)5-9-11(15)14-12(16)18-9/h3-4,9,11,15H,1-2,5H2,(H,14,16)/t9?,11-/m1/s1. The van der Waals surface area contributed by atoms with Crippen LogP contribution in [0.25, 0.3) is 0 Å². The Morgan fingerprint density at radius 2 is 2.39 bits per heavy atom. The second-order valence-corrected chi connectivity index (χ2v) is 6.52. The van der Waals surface area contributed by atoms with Crippen molar-refractivity contribution in [3.63, 3.8) is 0 Å². The van der Waals surface area contributed by atoms with Gasteiger partial charge in [0.15, 0.2) is 0 Å². The third-order valence-electron chi connectivity index (χ3n) is 3.12. The van der Waals surface area contributed by atoms with Gasteiger partial charge >= 0.3 is 0 Å². The van der Waals surface area contributed by atoms with Crippen molar-refractivity contribution in [2.45, 2.75) is 24.3 Å². The van der Waals surface area contributed by atoms with Gasteiger partial charge in [-0.15, -0.1) is 0 Å². The molecule has 1 aromatic carbocycles. The van der Waals surface area contributed by atoms with Gasteiger partial charge in [-0.2, -0.15) is 0 Å². The highest BCUT2D eigenvalue weighted by Gasteiger charge is 2.33. The van der Waals surface area contributed by atoms with E-state index in [1.807, 2.05) is 6.07 Å². The highest BCUT2D eigenvalue weighted by Crippen LogP contribution is 2.36. The van der Waals surface area contributed by atoms with Gasteiger partial charge in [0.1, 0.15) is 12.0 Å². The molecule has 18 heavy (non-hydrogen) atoms. The summed E-state index contributed by atoms with van der Waals surface area (Å²) in [7, 11) is 0. The number of aliphatic hydroxyl groups excluding tert-OH is 1. The molecule has 0 bridgehead atoms. The van der Waals surface area contributed by atoms with E-state index in [2.05, 4.69) is 27.3 Å². The molecule has 6 heteroatoms. The molecule has 1 saturated heterocycles. The molecule has 2 aliphatic heterocycles. The Hall–Kier alpha value is -0.720. The van der Waals surface area contributed by atoms with Crippen molar-refractivity contribution >= 4 is 32.9 Å². The molecule has 2 aliphatic rings. The summed E-state index contributed by atoms with van der Waals surface area (Å²) >= 11 is 4.63. The molecule has 0 saturated carbocycles. The van der Waals surface area contributed by atoms with Gasteiger partial charge in [0.2, 0.25) is 0 Å². The fourth-order valence-corrected chi connectivity index (χ4v) is 3.79. The number of carbonyl (C=O) groups is 1. The molecule has 0 aromatic heterocycles. The largest absolute Gasteiger partial charge is 0.493 e. The lowest BCUT2D eigenvalue weighted by molar-refractivity contribution is 0.152. The Morgan fingerprint density at radius 1 is 1.56 bits per heavy atom. The molecule has 1 fully saturated rings. The molecule has 2 atom stereocenters. The van der Waals surface area contributed by atoms with Gasteiger partial charge in [-0.25, -0.2) is 0 Å². The van der Waals surface area contributed by atoms with E-state index in [4.69, 9.17) is 4.74 Å². The van der Waals surface area contributed by atoms with Crippen molar-refractivity contribution in [2.24, 2.45) is 0 Å². The summed E-state index contributed by atoms with van der Waals surface area (Å²) in [4.78, 5) is 11.2. The van der Waals surface area contributed by atoms with Crippen molar-refractivity contribution in [1.29, 1.82) is 0 Å². The van der Waals surface area contributed by atoms with Crippen LogP contribution in [0.15, 0.2) is 16.6 Å². The third kappa shape index (κ3) is 2.24. The molecule has 0 spiro atoms. The van der Waals surface area contributed by atoms with Crippen LogP contribution in [0.2, 0.25) is 0 Å². The first-order valence-corrected chi connectivity index (χ1v) is 7.40. The minimum Gasteiger partial charge on any atom is -0.493 e. The van der Waals surface area contributed by atoms with Crippen LogP contribution in [-0.4, -0.2) is 28.4 Å². The molecule has 3 rings (SSSR count). The van der Waals surface area contributed by atoms with Gasteiger partial charge in [0.05, 0.1) is 11.9 Å². The lowest BCUT2D eigenvalue weighted by Gasteiger charge is -2.14. The summed E-state index contributed by atoms with van der Waals surface area (Å²) in [5, 5.41) is 11.9. The normalized spacial score (nSPS) is 25.8. The molecule has 1 unspecified atom stereocenters. The molecular formula is C12H12BrNO3S. The van der Waals surface area contributed by atoms with Crippen LogP contribution in [0.4, 0.5) is 4.79 Å². The zero-order valence-corrected chi connectivity index (χ0v) is 11.9. The summed E-state index contributed by atoms with van der Waals surface area (Å²) in [5.41, 5.74) is 2.24. The van der Waals surface area contributed by atoms with Gasteiger partial charge in [-0.3, -0.25) is 4.79 Å². The van der Waals surface area contributed by atoms with Crippen molar-refractivity contribution in [1.82, 2.24) is 5.32 Å². The summed E-state index contributed by atoms with van der Waals surface area (Å²) in [5.74, 6) is 0.922. The number of benzene rings is 1. The minimum absolute atomic E-state index is 0.153. The second kappa shape index (κ2) is 4.75. The SMILES string of the molecule is O=C1N[C@H](O)C(Cc2cc(Br)cc3c2OCC3)S1. The number of hydrogen-bond donors (Lipinski definition) is 2. The number of hydrogen-bond acceptors (Lipinski definition) is 4. The highest BCUT2D eigenvalue weighted by molar-refractivity contribution is 9.10. The van der Waals surface area contributed by atoms with Crippen molar-refractivity contribution in [3.8, 4) is 5.75 Å². The van der Waals surface area contributed by atoms with Crippen LogP contribution in [0.3, 0.4) is 0 Å². The Labute approximate surface area is 117 Å². The summed E-state index contributed by atoms with van der Waals surface area (Å²) in [6.45, 7) is 0.705. The number of ether oxygens (including phenoxy) is 1. The van der Waals surface area contributed by atoms with Gasteiger partial charge in [0, 0.05) is 10.9 Å². The lowest BCUT2D eigenvalue weighted by atomic mass is 10.0. The average molecular weight is 330 g/mol. The Kier molecular flexibility index (Phi) is 3.25. The molecular weight excluding hydrogens is 318 g/mol. The first-order valence-electron chi connectivity index (χ1n) is 5.73. The molecule has 0 radical (unpaired) electrons. The molecule has 0 aliphatic carbocycles. The molecule has 96 valence electrons. The lowest BCUT2D eigenvalue weighted by Crippen LogP contribution is -2.31. The minimum atomic E-state index is -0.779. The topological polar surface area (TPSA) is 58.6 Å². The van der Waals surface area contributed by atoms with Gasteiger partial charge in [-0.1, -0.05) is 27.7 Å². The second-order valence-electron chi connectivity index (χ2n) is 4.39. The highest BCUT2D eigenvalue weighted by atomic mass is 79.9. The zero-order chi connectivity index (χ0) is 12.7. The van der Waals surface area contributed by atoms with E-state index in [-0.39, 0.29) is 10.5 Å². The number of nitrogens with one attached hydrogen (secondary N) is 1. The van der Waals surface area contributed by atoms with Crippen LogP contribution >= 0.6 is 27.7 Å². The van der Waals surface area contributed by atoms with Crippen LogP contribution in [0, 0.1) is 0 Å². The first kappa shape index (κ1) is 12.3. The monoisotopic (exact) mass is 329 g/mol. The smallest absolute Gasteiger partial charge is 0.281 e. The number of fused-ring (bicyclic) bond motifs is 1. The number of aliphatic hydroxyl groups is 1. The Bertz CT molecular complexity index is 508. The Balaban J connectivity index is 1.87. The number of rotatable bonds is 2. The van der Waals surface area contributed by atoms with Crippen LogP contribution in [0.1, 0.15) is 11.1 Å². The molecule has 1 aromatic rings. The predicted molar refractivity (Wildman–Crippen MR) is 73.0 cm³/mol. The van der Waals surface area contributed by atoms with Gasteiger partial charge in [-0.05, 0) is 29.7 Å². The average Bonchev–Trinajstić information content (AvgIpc) is 2.86. The van der Waals surface area contributed by atoms with E-state index in [9.17, 15) is 9.90 Å². The molecule has 1 amide bonds. The Morgan fingerprint density at radius 3 is 3.11 bits per heavy atom. The first-order chi connectivity index (χ1) is 8.63. The van der Waals surface area contributed by atoms with Crippen molar-refractivity contribution in [3.05, 3.63) is 27.7 Å². The summed E-state index contributed by atoms with van der Waals surface area (Å²) < 4.78 is 6.65. The fraction of sp³-hybridized carbons (Fsp3) is 0.417. The number of amides is 1. The van der Waals surface area contributed by atoms with Crippen molar-refractivity contribution < 1.29 is 14.6 Å². The van der Waals surface area contributed by atoms with Gasteiger partial charge < -0.3 is 15.2 Å². The summed E-state index contributed by atoms with van der Waals surface area (Å²) in [6, 6.07) is 4.06. The number of halogens is 1. The molecule has 2 heterocycles. The zero-order valence-electron chi connectivity index (χ0n) is 9.48. The van der Waals surface area contributed by atoms with E-state index in [1.54, 1.807) is 0 Å². The van der Waals surface area contributed by atoms with E-state index in [1.165, 1.54) is 5.56 Å². The van der Waals surface area contributed by atoms with Crippen molar-refractivity contribution in [2.75, 3.05) is 6.61 Å². The molecule has 4 nitrogen and oxygen atoms in total. The van der Waals surface area contributed by atoms with Crippen LogP contribution in [-0.2, 0) is 12.8 Å². The van der Waals surface area contributed by atoms with E-state index in [0.717, 1.165) is 34.0 Å². The predicted octanol–water partition coefficient (Wildman–Crippen LogP) is 2.07. The fourth-order valence-electron chi connectivity index (χ4n) is 2.32. The maximum absolute atomic E-state index is 11.2. The third-order valence-corrected chi connectivity index (χ3v) is 4.64. The van der Waals surface area contributed by atoms with Crippen LogP contribution < -0.4 is 10.1 Å². The maximum Gasteiger partial charge on any atom is 0.281 e. The molecule has 2 N–H and O–H groups in total. The maximum atomic E-state index is 11.2.